The van der Waals surface area contributed by atoms with Crippen molar-refractivity contribution < 1.29 is 31.1 Å². The highest BCUT2D eigenvalue weighted by atomic mass is 19.4. The number of halogens is 6. The summed E-state index contributed by atoms with van der Waals surface area (Å²) in [5, 5.41) is 6.67. The summed E-state index contributed by atoms with van der Waals surface area (Å²) in [5.74, 6) is -2.03. The lowest BCUT2D eigenvalue weighted by Crippen LogP contribution is -2.31. The molecule has 1 unspecified atom stereocenters. The average molecular weight is 509 g/mol. The topological polar surface area (TPSA) is 90.0 Å². The summed E-state index contributed by atoms with van der Waals surface area (Å²) >= 11 is 0. The minimum Gasteiger partial charge on any atom is -0.347 e. The van der Waals surface area contributed by atoms with Crippen LogP contribution in [0, 0.1) is 5.92 Å². The van der Waals surface area contributed by atoms with Crippen molar-refractivity contribution in [3.63, 3.8) is 0 Å². The molecule has 14 heteroatoms. The standard InChI is InChI=1S/C22H17F6N7O/c23-21(24,25)13-6-8-35-16(9-13)32-19(33-35)14-5-4-12(10-29-14)11-30-20(36)17-18(22(26,27)28)31-15-3-1-2-7-34(15)17/h1-5,7,10,13H,6,8-9,11H2,(H,30,36). The maximum Gasteiger partial charge on any atom is 0.435 e. The van der Waals surface area contributed by atoms with E-state index in [9.17, 15) is 31.1 Å². The SMILES string of the molecule is O=C(NCc1ccc(-c2nc3n(n2)CCC(C(F)(F)F)C3)nc1)c1c(C(F)(F)F)nc2ccccn12. The number of nitrogens with one attached hydrogen (secondary N) is 1. The zero-order valence-corrected chi connectivity index (χ0v) is 18.3. The highest BCUT2D eigenvalue weighted by molar-refractivity contribution is 5.94. The van der Waals surface area contributed by atoms with E-state index in [1.807, 2.05) is 0 Å². The molecular formula is C22H17F6N7O. The Morgan fingerprint density at radius 1 is 1.08 bits per heavy atom. The van der Waals surface area contributed by atoms with Crippen LogP contribution >= 0.6 is 0 Å². The summed E-state index contributed by atoms with van der Waals surface area (Å²) in [4.78, 5) is 24.6. The van der Waals surface area contributed by atoms with Crippen LogP contribution in [0.5, 0.6) is 0 Å². The summed E-state index contributed by atoms with van der Waals surface area (Å²) in [6, 6.07) is 7.45. The minimum absolute atomic E-state index is 0.0159. The fourth-order valence-corrected chi connectivity index (χ4v) is 4.03. The van der Waals surface area contributed by atoms with Gasteiger partial charge in [-0.15, -0.1) is 5.10 Å². The molecule has 0 aromatic carbocycles. The third-order valence-corrected chi connectivity index (χ3v) is 5.85. The zero-order valence-electron chi connectivity index (χ0n) is 18.3. The van der Waals surface area contributed by atoms with E-state index < -0.39 is 35.6 Å². The molecule has 0 radical (unpaired) electrons. The van der Waals surface area contributed by atoms with Crippen LogP contribution in [0.4, 0.5) is 26.3 Å². The Balaban J connectivity index is 1.30. The number of carbonyl (C=O) groups is 1. The Hall–Kier alpha value is -3.97. The van der Waals surface area contributed by atoms with E-state index in [1.54, 1.807) is 6.07 Å². The predicted octanol–water partition coefficient (Wildman–Crippen LogP) is 4.06. The lowest BCUT2D eigenvalue weighted by molar-refractivity contribution is -0.179. The number of aromatic nitrogens is 6. The van der Waals surface area contributed by atoms with E-state index in [0.29, 0.717) is 11.3 Å². The highest BCUT2D eigenvalue weighted by Gasteiger charge is 2.42. The predicted molar refractivity (Wildman–Crippen MR) is 112 cm³/mol. The molecule has 0 aliphatic carbocycles. The Kier molecular flexibility index (Phi) is 5.68. The first-order chi connectivity index (χ1) is 17.0. The van der Waals surface area contributed by atoms with Crippen molar-refractivity contribution in [2.45, 2.75) is 38.3 Å². The number of fused-ring (bicyclic) bond motifs is 2. The first-order valence-electron chi connectivity index (χ1n) is 10.8. The Morgan fingerprint density at radius 2 is 1.89 bits per heavy atom. The third kappa shape index (κ3) is 4.50. The fourth-order valence-electron chi connectivity index (χ4n) is 4.03. The first-order valence-corrected chi connectivity index (χ1v) is 10.8. The molecule has 8 nitrogen and oxygen atoms in total. The van der Waals surface area contributed by atoms with E-state index in [2.05, 4.69) is 25.4 Å². The van der Waals surface area contributed by atoms with Gasteiger partial charge in [0, 0.05) is 31.9 Å². The average Bonchev–Trinajstić information content (AvgIpc) is 3.43. The zero-order chi connectivity index (χ0) is 25.7. The lowest BCUT2D eigenvalue weighted by atomic mass is 9.98. The first kappa shape index (κ1) is 23.8. The molecule has 36 heavy (non-hydrogen) atoms. The molecule has 0 fully saturated rings. The van der Waals surface area contributed by atoms with Gasteiger partial charge >= 0.3 is 12.4 Å². The van der Waals surface area contributed by atoms with Crippen molar-refractivity contribution in [2.75, 3.05) is 0 Å². The molecule has 0 bridgehead atoms. The molecule has 0 saturated carbocycles. The van der Waals surface area contributed by atoms with Crippen LogP contribution in [-0.4, -0.2) is 41.2 Å². The van der Waals surface area contributed by atoms with Crippen LogP contribution in [0.15, 0.2) is 42.7 Å². The van der Waals surface area contributed by atoms with Crippen LogP contribution in [0.2, 0.25) is 0 Å². The number of aryl methyl sites for hydroxylation is 1. The number of hydrogen-bond donors (Lipinski definition) is 1. The monoisotopic (exact) mass is 509 g/mol. The molecule has 0 spiro atoms. The van der Waals surface area contributed by atoms with Gasteiger partial charge in [0.15, 0.2) is 11.5 Å². The molecule has 1 amide bonds. The van der Waals surface area contributed by atoms with Crippen molar-refractivity contribution in [1.82, 2.24) is 34.4 Å². The van der Waals surface area contributed by atoms with Gasteiger partial charge in [0.25, 0.3) is 5.91 Å². The molecule has 5 heterocycles. The maximum atomic E-state index is 13.4. The number of pyridine rings is 2. The Labute approximate surface area is 199 Å². The maximum absolute atomic E-state index is 13.4. The molecule has 5 rings (SSSR count). The van der Waals surface area contributed by atoms with Crippen molar-refractivity contribution in [3.8, 4) is 11.5 Å². The molecule has 1 atom stereocenters. The second-order valence-corrected chi connectivity index (χ2v) is 8.28. The Morgan fingerprint density at radius 3 is 2.58 bits per heavy atom. The summed E-state index contributed by atoms with van der Waals surface area (Å²) < 4.78 is 81.9. The van der Waals surface area contributed by atoms with Gasteiger partial charge in [-0.2, -0.15) is 26.3 Å². The van der Waals surface area contributed by atoms with Gasteiger partial charge in [-0.05, 0) is 30.2 Å². The molecule has 0 saturated heterocycles. The van der Waals surface area contributed by atoms with E-state index in [1.165, 1.54) is 41.3 Å². The van der Waals surface area contributed by atoms with Gasteiger partial charge < -0.3 is 5.32 Å². The molecule has 188 valence electrons. The number of rotatable bonds is 4. The second kappa shape index (κ2) is 8.60. The van der Waals surface area contributed by atoms with Crippen molar-refractivity contribution in [1.29, 1.82) is 0 Å². The molecule has 4 aromatic heterocycles. The Bertz CT molecular complexity index is 1420. The summed E-state index contributed by atoms with van der Waals surface area (Å²) in [5.41, 5.74) is -1.14. The number of imidazole rings is 1. The summed E-state index contributed by atoms with van der Waals surface area (Å²) in [7, 11) is 0. The summed E-state index contributed by atoms with van der Waals surface area (Å²) in [6.45, 7) is -0.0241. The quantitative estimate of drug-likeness (QED) is 0.419. The van der Waals surface area contributed by atoms with Crippen molar-refractivity contribution in [2.24, 2.45) is 5.92 Å². The normalized spacial score (nSPS) is 16.2. The molecule has 1 N–H and O–H groups in total. The van der Waals surface area contributed by atoms with Crippen LogP contribution < -0.4 is 5.32 Å². The third-order valence-electron chi connectivity index (χ3n) is 5.85. The number of alkyl halides is 6. The van der Waals surface area contributed by atoms with Gasteiger partial charge in [-0.1, -0.05) is 12.1 Å². The number of hydrogen-bond acceptors (Lipinski definition) is 5. The van der Waals surface area contributed by atoms with E-state index in [4.69, 9.17) is 0 Å². The van der Waals surface area contributed by atoms with Crippen molar-refractivity contribution in [3.05, 3.63) is 65.5 Å². The van der Waals surface area contributed by atoms with Crippen LogP contribution in [-0.2, 0) is 25.7 Å². The van der Waals surface area contributed by atoms with Crippen molar-refractivity contribution >= 4 is 11.6 Å². The van der Waals surface area contributed by atoms with Crippen LogP contribution in [0.1, 0.15) is 34.0 Å². The van der Waals surface area contributed by atoms with Gasteiger partial charge in [-0.3, -0.25) is 14.2 Å². The van der Waals surface area contributed by atoms with Gasteiger partial charge in [0.05, 0.1) is 5.92 Å². The number of amides is 1. The second-order valence-electron chi connectivity index (χ2n) is 8.28. The van der Waals surface area contributed by atoms with Crippen LogP contribution in [0.25, 0.3) is 17.2 Å². The molecule has 4 aromatic rings. The smallest absolute Gasteiger partial charge is 0.347 e. The largest absolute Gasteiger partial charge is 0.435 e. The summed E-state index contributed by atoms with van der Waals surface area (Å²) in [6.07, 6.45) is -6.76. The highest BCUT2D eigenvalue weighted by Crippen LogP contribution is 2.35. The molecule has 1 aliphatic rings. The van der Waals surface area contributed by atoms with Gasteiger partial charge in [0.2, 0.25) is 0 Å². The van der Waals surface area contributed by atoms with E-state index in [-0.39, 0.29) is 43.2 Å². The lowest BCUT2D eigenvalue weighted by Gasteiger charge is -2.24. The number of nitrogens with zero attached hydrogens (tertiary/aromatic N) is 6. The molecular weight excluding hydrogens is 492 g/mol. The molecule has 1 aliphatic heterocycles. The van der Waals surface area contributed by atoms with Gasteiger partial charge in [0.1, 0.15) is 22.9 Å². The number of carbonyl (C=O) groups excluding carboxylic acids is 1. The van der Waals surface area contributed by atoms with Crippen LogP contribution in [0.3, 0.4) is 0 Å². The van der Waals surface area contributed by atoms with Gasteiger partial charge in [-0.25, -0.2) is 14.6 Å². The fraction of sp³-hybridized carbons (Fsp3) is 0.318. The van der Waals surface area contributed by atoms with E-state index >= 15 is 0 Å². The minimum atomic E-state index is -4.82. The van der Waals surface area contributed by atoms with E-state index in [0.717, 1.165) is 4.40 Å².